The van der Waals surface area contributed by atoms with E-state index in [1.54, 1.807) is 24.3 Å². The Kier molecular flexibility index (Phi) is 1.03. The fourth-order valence-electron chi connectivity index (χ4n) is 0.869. The van der Waals surface area contributed by atoms with Crippen molar-refractivity contribution in [3.05, 3.63) is 24.3 Å². The van der Waals surface area contributed by atoms with Crippen LogP contribution >= 0.6 is 0 Å². The maximum atomic E-state index is 12.3. The SMILES string of the molecule is FC1Oc2ccccc2O1. The lowest BCUT2D eigenvalue weighted by Gasteiger charge is -1.94. The van der Waals surface area contributed by atoms with Gasteiger partial charge in [0.15, 0.2) is 11.5 Å². The third-order valence-corrected chi connectivity index (χ3v) is 1.29. The number of ether oxygens (including phenoxy) is 2. The van der Waals surface area contributed by atoms with Crippen molar-refractivity contribution in [1.82, 2.24) is 0 Å². The third-order valence-electron chi connectivity index (χ3n) is 1.29. The first-order valence-electron chi connectivity index (χ1n) is 2.93. The van der Waals surface area contributed by atoms with Gasteiger partial charge >= 0.3 is 6.54 Å². The minimum absolute atomic E-state index is 0.468. The summed E-state index contributed by atoms with van der Waals surface area (Å²) in [7, 11) is 0. The first kappa shape index (κ1) is 5.53. The highest BCUT2D eigenvalue weighted by atomic mass is 19.2. The zero-order valence-corrected chi connectivity index (χ0v) is 5.08. The van der Waals surface area contributed by atoms with Crippen molar-refractivity contribution in [2.24, 2.45) is 0 Å². The Morgan fingerprint density at radius 3 is 2.10 bits per heavy atom. The summed E-state index contributed by atoms with van der Waals surface area (Å²) in [5.74, 6) is 0.935. The van der Waals surface area contributed by atoms with E-state index in [0.717, 1.165) is 0 Å². The molecule has 0 fully saturated rings. The predicted octanol–water partition coefficient (Wildman–Crippen LogP) is 1.71. The maximum Gasteiger partial charge on any atom is 0.397 e. The summed E-state index contributed by atoms with van der Waals surface area (Å²) in [6, 6.07) is 6.85. The number of alkyl halides is 1. The molecule has 0 aliphatic carbocycles. The molecule has 3 heteroatoms. The fourth-order valence-corrected chi connectivity index (χ4v) is 0.869. The van der Waals surface area contributed by atoms with Gasteiger partial charge in [0.05, 0.1) is 0 Å². The van der Waals surface area contributed by atoms with Crippen LogP contribution in [0, 0.1) is 0 Å². The minimum Gasteiger partial charge on any atom is -0.425 e. The quantitative estimate of drug-likeness (QED) is 0.546. The largest absolute Gasteiger partial charge is 0.425 e. The van der Waals surface area contributed by atoms with Crippen LogP contribution in [0.25, 0.3) is 0 Å². The third kappa shape index (κ3) is 0.708. The van der Waals surface area contributed by atoms with E-state index in [-0.39, 0.29) is 0 Å². The van der Waals surface area contributed by atoms with Crippen molar-refractivity contribution in [2.75, 3.05) is 0 Å². The molecular weight excluding hydrogens is 135 g/mol. The monoisotopic (exact) mass is 140 g/mol. The van der Waals surface area contributed by atoms with Crippen molar-refractivity contribution in [2.45, 2.75) is 6.54 Å². The van der Waals surface area contributed by atoms with E-state index in [2.05, 4.69) is 9.47 Å². The summed E-state index contributed by atoms with van der Waals surface area (Å²) >= 11 is 0. The molecule has 0 radical (unpaired) electrons. The normalized spacial score (nSPS) is 15.7. The van der Waals surface area contributed by atoms with Gasteiger partial charge in [0.2, 0.25) is 0 Å². The number of hydrogen-bond donors (Lipinski definition) is 0. The molecule has 0 aromatic heterocycles. The van der Waals surface area contributed by atoms with Crippen LogP contribution in [0.15, 0.2) is 24.3 Å². The van der Waals surface area contributed by atoms with E-state index in [4.69, 9.17) is 0 Å². The number of rotatable bonds is 0. The fraction of sp³-hybridized carbons (Fsp3) is 0.143. The highest BCUT2D eigenvalue weighted by Crippen LogP contribution is 2.33. The topological polar surface area (TPSA) is 18.5 Å². The zero-order chi connectivity index (χ0) is 6.97. The molecule has 0 bridgehead atoms. The number of para-hydroxylation sites is 2. The summed E-state index contributed by atoms with van der Waals surface area (Å²) in [6.45, 7) is -1.63. The van der Waals surface area contributed by atoms with Gasteiger partial charge in [-0.1, -0.05) is 12.1 Å². The van der Waals surface area contributed by atoms with Crippen molar-refractivity contribution in [3.63, 3.8) is 0 Å². The summed E-state index contributed by atoms with van der Waals surface area (Å²) in [6.07, 6.45) is 0. The Morgan fingerprint density at radius 2 is 1.60 bits per heavy atom. The van der Waals surface area contributed by atoms with E-state index in [9.17, 15) is 4.39 Å². The Labute approximate surface area is 57.2 Å². The average molecular weight is 140 g/mol. The second kappa shape index (κ2) is 1.87. The number of benzene rings is 1. The number of hydrogen-bond acceptors (Lipinski definition) is 2. The molecule has 0 unspecified atom stereocenters. The second-order valence-corrected chi connectivity index (χ2v) is 1.96. The van der Waals surface area contributed by atoms with Crippen LogP contribution in [0.4, 0.5) is 4.39 Å². The molecule has 1 heterocycles. The van der Waals surface area contributed by atoms with Crippen LogP contribution in [0.3, 0.4) is 0 Å². The lowest BCUT2D eigenvalue weighted by atomic mass is 10.3. The Bertz CT molecular complexity index is 224. The molecule has 1 aliphatic heterocycles. The molecule has 10 heavy (non-hydrogen) atoms. The van der Waals surface area contributed by atoms with Crippen LogP contribution in [0.2, 0.25) is 0 Å². The highest BCUT2D eigenvalue weighted by Gasteiger charge is 2.21. The molecule has 2 nitrogen and oxygen atoms in total. The van der Waals surface area contributed by atoms with Gasteiger partial charge in [0.1, 0.15) is 0 Å². The van der Waals surface area contributed by atoms with E-state index in [0.29, 0.717) is 11.5 Å². The molecule has 0 spiro atoms. The first-order chi connectivity index (χ1) is 4.86. The van der Waals surface area contributed by atoms with Crippen molar-refractivity contribution >= 4 is 0 Å². The molecule has 0 amide bonds. The Balaban J connectivity index is 2.42. The lowest BCUT2D eigenvalue weighted by molar-refractivity contribution is -0.0652. The van der Waals surface area contributed by atoms with Gasteiger partial charge in [0, 0.05) is 0 Å². The molecule has 0 atom stereocenters. The summed E-state index contributed by atoms with van der Waals surface area (Å²) in [4.78, 5) is 0. The van der Waals surface area contributed by atoms with E-state index in [1.807, 2.05) is 0 Å². The second-order valence-electron chi connectivity index (χ2n) is 1.96. The minimum atomic E-state index is -1.63. The summed E-state index contributed by atoms with van der Waals surface area (Å²) in [5, 5.41) is 0. The van der Waals surface area contributed by atoms with Crippen LogP contribution < -0.4 is 9.47 Å². The molecule has 1 aliphatic rings. The van der Waals surface area contributed by atoms with Crippen LogP contribution in [-0.2, 0) is 0 Å². The Morgan fingerprint density at radius 1 is 1.10 bits per heavy atom. The molecular formula is C7H5FO2. The zero-order valence-electron chi connectivity index (χ0n) is 5.08. The number of halogens is 1. The highest BCUT2D eigenvalue weighted by molar-refractivity contribution is 5.41. The molecule has 0 N–H and O–H groups in total. The maximum absolute atomic E-state index is 12.3. The number of fused-ring (bicyclic) bond motifs is 1. The van der Waals surface area contributed by atoms with Crippen LogP contribution in [-0.4, -0.2) is 6.54 Å². The van der Waals surface area contributed by atoms with E-state index < -0.39 is 6.54 Å². The summed E-state index contributed by atoms with van der Waals surface area (Å²) in [5.41, 5.74) is 0. The molecule has 1 aromatic rings. The van der Waals surface area contributed by atoms with Gasteiger partial charge in [-0.25, -0.2) is 0 Å². The Hall–Kier alpha value is -1.25. The molecule has 52 valence electrons. The summed E-state index contributed by atoms with van der Waals surface area (Å²) < 4.78 is 21.5. The van der Waals surface area contributed by atoms with E-state index >= 15 is 0 Å². The molecule has 0 saturated heterocycles. The lowest BCUT2D eigenvalue weighted by Crippen LogP contribution is -2.09. The first-order valence-corrected chi connectivity index (χ1v) is 2.93. The van der Waals surface area contributed by atoms with Gasteiger partial charge in [-0.3, -0.25) is 0 Å². The molecule has 2 rings (SSSR count). The van der Waals surface area contributed by atoms with E-state index in [1.165, 1.54) is 0 Å². The van der Waals surface area contributed by atoms with Crippen LogP contribution in [0.5, 0.6) is 11.5 Å². The van der Waals surface area contributed by atoms with Gasteiger partial charge in [-0.15, -0.1) is 0 Å². The standard InChI is InChI=1S/C7H5FO2/c8-7-9-5-3-1-2-4-6(5)10-7/h1-4,7H. The van der Waals surface area contributed by atoms with Gasteiger partial charge in [-0.05, 0) is 12.1 Å². The average Bonchev–Trinajstić information content (AvgIpc) is 2.27. The predicted molar refractivity (Wildman–Crippen MR) is 32.6 cm³/mol. The van der Waals surface area contributed by atoms with Crippen molar-refractivity contribution in [3.8, 4) is 11.5 Å². The van der Waals surface area contributed by atoms with Gasteiger partial charge in [0.25, 0.3) is 0 Å². The van der Waals surface area contributed by atoms with Gasteiger partial charge < -0.3 is 9.47 Å². The van der Waals surface area contributed by atoms with Crippen molar-refractivity contribution in [1.29, 1.82) is 0 Å². The molecule has 1 aromatic carbocycles. The van der Waals surface area contributed by atoms with Crippen molar-refractivity contribution < 1.29 is 13.9 Å². The van der Waals surface area contributed by atoms with Gasteiger partial charge in [-0.2, -0.15) is 4.39 Å². The smallest absolute Gasteiger partial charge is 0.397 e. The molecule has 0 saturated carbocycles. The van der Waals surface area contributed by atoms with Crippen LogP contribution in [0.1, 0.15) is 0 Å².